The number of rotatable bonds is 8. The summed E-state index contributed by atoms with van der Waals surface area (Å²) in [7, 11) is -3.07. The third-order valence-electron chi connectivity index (χ3n) is 4.43. The average Bonchev–Trinajstić information content (AvgIpc) is 3.19. The fraction of sp³-hybridized carbons (Fsp3) is 0.353. The maximum atomic E-state index is 14.8. The molecule has 0 bridgehead atoms. The predicted molar refractivity (Wildman–Crippen MR) is 96.5 cm³/mol. The molecule has 1 aromatic carbocycles. The van der Waals surface area contributed by atoms with E-state index in [2.05, 4.69) is 10.1 Å². The van der Waals surface area contributed by atoms with Gasteiger partial charge in [0.25, 0.3) is 6.47 Å². The summed E-state index contributed by atoms with van der Waals surface area (Å²) >= 11 is 0. The van der Waals surface area contributed by atoms with E-state index in [4.69, 9.17) is 4.74 Å². The quantitative estimate of drug-likeness (QED) is 0.317. The van der Waals surface area contributed by atoms with E-state index in [1.54, 1.807) is 6.07 Å². The van der Waals surface area contributed by atoms with E-state index < -0.39 is 22.7 Å². The highest BCUT2D eigenvalue weighted by molar-refractivity contribution is 7.74. The standard InChI is InChI=1S/C17H19FN4O4S/c18-15-9-14(21-11-19-10-20-21)5-6-17(15)22(27(24)25)16-4-2-1-3-13(16)7-8-26-12-23/h3,5-6,9-12,16,27H,1-2,4,7-8H2. The zero-order chi connectivity index (χ0) is 19.2. The van der Waals surface area contributed by atoms with Crippen LogP contribution in [0.5, 0.6) is 0 Å². The largest absolute Gasteiger partial charge is 0.468 e. The fourth-order valence-corrected chi connectivity index (χ4v) is 4.06. The number of thiol groups is 1. The van der Waals surface area contributed by atoms with Crippen molar-refractivity contribution in [1.82, 2.24) is 14.8 Å². The molecule has 0 radical (unpaired) electrons. The molecular formula is C17H19FN4O4S. The van der Waals surface area contributed by atoms with Crippen molar-refractivity contribution < 1.29 is 22.3 Å². The lowest BCUT2D eigenvalue weighted by Crippen LogP contribution is -2.38. The first-order chi connectivity index (χ1) is 13.1. The van der Waals surface area contributed by atoms with Gasteiger partial charge in [-0.15, -0.1) is 0 Å². The number of benzene rings is 1. The highest BCUT2D eigenvalue weighted by atomic mass is 32.2. The summed E-state index contributed by atoms with van der Waals surface area (Å²) < 4.78 is 46.0. The van der Waals surface area contributed by atoms with Crippen LogP contribution in [-0.2, 0) is 20.4 Å². The van der Waals surface area contributed by atoms with Crippen molar-refractivity contribution in [2.24, 2.45) is 0 Å². The van der Waals surface area contributed by atoms with Gasteiger partial charge in [0, 0.05) is 12.5 Å². The van der Waals surface area contributed by atoms with Crippen LogP contribution in [0.25, 0.3) is 5.69 Å². The molecule has 1 heterocycles. The Balaban J connectivity index is 1.92. The molecule has 8 nitrogen and oxygen atoms in total. The van der Waals surface area contributed by atoms with Crippen molar-refractivity contribution >= 4 is 23.0 Å². The van der Waals surface area contributed by atoms with Gasteiger partial charge in [0.2, 0.25) is 10.9 Å². The number of nitrogens with zero attached hydrogens (tertiary/aromatic N) is 4. The summed E-state index contributed by atoms with van der Waals surface area (Å²) in [6, 6.07) is 3.73. The molecule has 27 heavy (non-hydrogen) atoms. The number of hydrogen-bond donors (Lipinski definition) is 1. The second-order valence-corrected chi connectivity index (χ2v) is 6.91. The number of allylic oxidation sites excluding steroid dienone is 1. The molecule has 144 valence electrons. The van der Waals surface area contributed by atoms with Crippen molar-refractivity contribution in [2.45, 2.75) is 31.7 Å². The van der Waals surface area contributed by atoms with Gasteiger partial charge in [-0.1, -0.05) is 6.08 Å². The lowest BCUT2D eigenvalue weighted by molar-refractivity contribution is -0.128. The van der Waals surface area contributed by atoms with Crippen molar-refractivity contribution in [3.63, 3.8) is 0 Å². The molecule has 1 aromatic heterocycles. The highest BCUT2D eigenvalue weighted by Crippen LogP contribution is 2.32. The van der Waals surface area contributed by atoms with Crippen LogP contribution in [0.1, 0.15) is 25.7 Å². The van der Waals surface area contributed by atoms with Crippen LogP contribution in [-0.4, -0.2) is 42.3 Å². The lowest BCUT2D eigenvalue weighted by Gasteiger charge is -2.33. The Labute approximate surface area is 157 Å². The van der Waals surface area contributed by atoms with E-state index in [-0.39, 0.29) is 12.3 Å². The van der Waals surface area contributed by atoms with Gasteiger partial charge in [0.1, 0.15) is 18.5 Å². The topological polar surface area (TPSA) is 94.4 Å². The fourth-order valence-electron chi connectivity index (χ4n) is 3.23. The highest BCUT2D eigenvalue weighted by Gasteiger charge is 2.28. The number of ether oxygens (including phenoxy) is 1. The average molecular weight is 394 g/mol. The van der Waals surface area contributed by atoms with Crippen molar-refractivity contribution in [3.05, 3.63) is 48.3 Å². The van der Waals surface area contributed by atoms with Crippen LogP contribution in [0.4, 0.5) is 10.1 Å². The number of halogens is 1. The Hall–Kier alpha value is -2.75. The number of aromatic nitrogens is 3. The number of carbonyl (C=O) groups excluding carboxylic acids is 1. The van der Waals surface area contributed by atoms with Crippen molar-refractivity contribution in [1.29, 1.82) is 0 Å². The van der Waals surface area contributed by atoms with Gasteiger partial charge in [0.15, 0.2) is 0 Å². The van der Waals surface area contributed by atoms with E-state index in [0.29, 0.717) is 25.0 Å². The van der Waals surface area contributed by atoms with Gasteiger partial charge in [0.05, 0.1) is 24.0 Å². The Morgan fingerprint density at radius 3 is 2.93 bits per heavy atom. The first-order valence-electron chi connectivity index (χ1n) is 8.44. The molecule has 10 heteroatoms. The molecule has 0 spiro atoms. The minimum Gasteiger partial charge on any atom is -0.468 e. The third kappa shape index (κ3) is 4.33. The molecule has 1 aliphatic carbocycles. The summed E-state index contributed by atoms with van der Waals surface area (Å²) in [6.45, 7) is 0.510. The molecule has 1 atom stereocenters. The SMILES string of the molecule is O=COCCC1=CCCCC1N(c1ccc(-n2cncn2)cc1F)[SH](=O)=O. The molecule has 0 saturated heterocycles. The Bertz CT molecular complexity index is 890. The summed E-state index contributed by atoms with van der Waals surface area (Å²) in [6.07, 6.45) is 7.27. The monoisotopic (exact) mass is 394 g/mol. The Kier molecular flexibility index (Phi) is 6.17. The van der Waals surface area contributed by atoms with Gasteiger partial charge in [-0.2, -0.15) is 5.10 Å². The zero-order valence-corrected chi connectivity index (χ0v) is 15.3. The lowest BCUT2D eigenvalue weighted by atomic mass is 9.91. The molecule has 1 unspecified atom stereocenters. The maximum Gasteiger partial charge on any atom is 0.293 e. The molecule has 0 aliphatic heterocycles. The summed E-state index contributed by atoms with van der Waals surface area (Å²) in [4.78, 5) is 14.2. The number of anilines is 1. The van der Waals surface area contributed by atoms with Crippen LogP contribution in [0, 0.1) is 5.82 Å². The molecular weight excluding hydrogens is 375 g/mol. The Morgan fingerprint density at radius 1 is 1.41 bits per heavy atom. The zero-order valence-electron chi connectivity index (χ0n) is 14.4. The summed E-state index contributed by atoms with van der Waals surface area (Å²) in [5.41, 5.74) is 1.24. The molecule has 0 N–H and O–H groups in total. The first-order valence-corrected chi connectivity index (χ1v) is 9.57. The minimum absolute atomic E-state index is 0.0240. The van der Waals surface area contributed by atoms with E-state index in [9.17, 15) is 17.6 Å². The van der Waals surface area contributed by atoms with Gasteiger partial charge in [-0.25, -0.2) is 22.5 Å². The predicted octanol–water partition coefficient (Wildman–Crippen LogP) is 1.78. The van der Waals surface area contributed by atoms with Crippen LogP contribution in [0.15, 0.2) is 42.5 Å². The summed E-state index contributed by atoms with van der Waals surface area (Å²) in [5.74, 6) is -0.670. The van der Waals surface area contributed by atoms with E-state index in [1.807, 2.05) is 6.08 Å². The van der Waals surface area contributed by atoms with Crippen LogP contribution in [0.2, 0.25) is 0 Å². The molecule has 2 aromatic rings. The van der Waals surface area contributed by atoms with Gasteiger partial charge >= 0.3 is 0 Å². The maximum absolute atomic E-state index is 14.8. The van der Waals surface area contributed by atoms with E-state index >= 15 is 0 Å². The van der Waals surface area contributed by atoms with E-state index in [0.717, 1.165) is 22.7 Å². The van der Waals surface area contributed by atoms with Crippen molar-refractivity contribution in [3.8, 4) is 5.69 Å². The molecule has 1 aliphatic rings. The molecule has 3 rings (SSSR count). The van der Waals surface area contributed by atoms with Gasteiger partial charge in [-0.05, 0) is 37.0 Å². The second kappa shape index (κ2) is 8.76. The van der Waals surface area contributed by atoms with Crippen LogP contribution in [0.3, 0.4) is 0 Å². The molecule has 0 fully saturated rings. The molecule has 0 saturated carbocycles. The van der Waals surface area contributed by atoms with Gasteiger partial charge in [-0.3, -0.25) is 9.10 Å². The first kappa shape index (κ1) is 19.0. The van der Waals surface area contributed by atoms with Crippen LogP contribution >= 0.6 is 0 Å². The number of hydrogen-bond acceptors (Lipinski definition) is 6. The van der Waals surface area contributed by atoms with Crippen LogP contribution < -0.4 is 4.31 Å². The third-order valence-corrected chi connectivity index (χ3v) is 5.27. The normalized spacial score (nSPS) is 16.8. The smallest absolute Gasteiger partial charge is 0.293 e. The Morgan fingerprint density at radius 2 is 2.26 bits per heavy atom. The molecule has 0 amide bonds. The second-order valence-electron chi connectivity index (χ2n) is 6.00. The number of carbonyl (C=O) groups is 1. The van der Waals surface area contributed by atoms with Gasteiger partial charge < -0.3 is 4.74 Å². The van der Waals surface area contributed by atoms with Crippen molar-refractivity contribution in [2.75, 3.05) is 10.9 Å². The summed E-state index contributed by atoms with van der Waals surface area (Å²) in [5, 5.41) is 3.94. The van der Waals surface area contributed by atoms with E-state index in [1.165, 1.54) is 29.5 Å². The minimum atomic E-state index is -3.07.